The summed E-state index contributed by atoms with van der Waals surface area (Å²) in [4.78, 5) is 11.5. The Labute approximate surface area is 110 Å². The van der Waals surface area contributed by atoms with Crippen LogP contribution >= 0.6 is 0 Å². The number of ether oxygens (including phenoxy) is 1. The molecule has 0 saturated carbocycles. The van der Waals surface area contributed by atoms with Gasteiger partial charge in [-0.15, -0.1) is 0 Å². The molecule has 0 radical (unpaired) electrons. The Kier molecular flexibility index (Phi) is 2.72. The molecule has 0 fully saturated rings. The van der Waals surface area contributed by atoms with Crippen molar-refractivity contribution in [2.45, 2.75) is 19.5 Å². The van der Waals surface area contributed by atoms with Gasteiger partial charge < -0.3 is 15.8 Å². The second kappa shape index (κ2) is 4.40. The SMILES string of the molecule is CCn1cc(Oc2ccc3c(c2)NC(=O)C3N)cn1. The number of hydrogen-bond acceptors (Lipinski definition) is 4. The number of nitrogens with one attached hydrogen (secondary N) is 1. The lowest BCUT2D eigenvalue weighted by Crippen LogP contribution is -2.19. The van der Waals surface area contributed by atoms with E-state index in [2.05, 4.69) is 10.4 Å². The standard InChI is InChI=1S/C13H14N4O2/c1-2-17-7-9(6-15-17)19-8-3-4-10-11(5-8)16-13(18)12(10)14/h3-7,12H,2,14H2,1H3,(H,16,18). The van der Waals surface area contributed by atoms with Crippen LogP contribution in [0.2, 0.25) is 0 Å². The van der Waals surface area contributed by atoms with Crippen LogP contribution in [0.5, 0.6) is 11.5 Å². The molecule has 6 heteroatoms. The Balaban J connectivity index is 1.84. The minimum Gasteiger partial charge on any atom is -0.454 e. The first-order chi connectivity index (χ1) is 9.17. The predicted octanol–water partition coefficient (Wildman–Crippen LogP) is 1.65. The molecule has 0 bridgehead atoms. The Morgan fingerprint density at radius 3 is 3.05 bits per heavy atom. The molecule has 1 aliphatic rings. The van der Waals surface area contributed by atoms with E-state index in [-0.39, 0.29) is 5.91 Å². The van der Waals surface area contributed by atoms with Crippen molar-refractivity contribution in [1.82, 2.24) is 9.78 Å². The number of rotatable bonds is 3. The first-order valence-corrected chi connectivity index (χ1v) is 6.08. The average Bonchev–Trinajstić information content (AvgIpc) is 2.96. The largest absolute Gasteiger partial charge is 0.454 e. The van der Waals surface area contributed by atoms with Crippen LogP contribution in [0.15, 0.2) is 30.6 Å². The minimum absolute atomic E-state index is 0.189. The van der Waals surface area contributed by atoms with Crippen molar-refractivity contribution < 1.29 is 9.53 Å². The van der Waals surface area contributed by atoms with Crippen LogP contribution in [-0.2, 0) is 11.3 Å². The third-order valence-corrected chi connectivity index (χ3v) is 3.07. The number of aromatic nitrogens is 2. The zero-order valence-corrected chi connectivity index (χ0v) is 10.5. The quantitative estimate of drug-likeness (QED) is 0.877. The molecule has 0 aliphatic carbocycles. The van der Waals surface area contributed by atoms with Crippen LogP contribution < -0.4 is 15.8 Å². The molecule has 2 aromatic rings. The van der Waals surface area contributed by atoms with Crippen molar-refractivity contribution in [2.24, 2.45) is 5.73 Å². The maximum atomic E-state index is 11.5. The summed E-state index contributed by atoms with van der Waals surface area (Å²) < 4.78 is 7.46. The normalized spacial score (nSPS) is 17.2. The van der Waals surface area contributed by atoms with E-state index in [1.165, 1.54) is 0 Å². The second-order valence-corrected chi connectivity index (χ2v) is 4.35. The number of carbonyl (C=O) groups excluding carboxylic acids is 1. The molecule has 0 saturated heterocycles. The molecule has 2 heterocycles. The summed E-state index contributed by atoms with van der Waals surface area (Å²) in [5.41, 5.74) is 7.25. The lowest BCUT2D eigenvalue weighted by Gasteiger charge is -2.05. The van der Waals surface area contributed by atoms with Gasteiger partial charge >= 0.3 is 0 Å². The minimum atomic E-state index is -0.591. The third-order valence-electron chi connectivity index (χ3n) is 3.07. The highest BCUT2D eigenvalue weighted by atomic mass is 16.5. The van der Waals surface area contributed by atoms with Gasteiger partial charge in [0.15, 0.2) is 5.75 Å². The fourth-order valence-electron chi connectivity index (χ4n) is 2.04. The molecule has 3 rings (SSSR count). The molecule has 1 aliphatic heterocycles. The summed E-state index contributed by atoms with van der Waals surface area (Å²) >= 11 is 0. The number of nitrogens with zero attached hydrogens (tertiary/aromatic N) is 2. The molecule has 98 valence electrons. The van der Waals surface area contributed by atoms with Crippen LogP contribution in [-0.4, -0.2) is 15.7 Å². The molecule has 1 unspecified atom stereocenters. The van der Waals surface area contributed by atoms with Crippen molar-refractivity contribution in [2.75, 3.05) is 5.32 Å². The van der Waals surface area contributed by atoms with Gasteiger partial charge in [0.25, 0.3) is 0 Å². The second-order valence-electron chi connectivity index (χ2n) is 4.35. The van der Waals surface area contributed by atoms with E-state index >= 15 is 0 Å². The molecular formula is C13H14N4O2. The van der Waals surface area contributed by atoms with Crippen molar-refractivity contribution in [3.63, 3.8) is 0 Å². The zero-order chi connectivity index (χ0) is 13.4. The number of benzene rings is 1. The van der Waals surface area contributed by atoms with Gasteiger partial charge in [0.05, 0.1) is 12.4 Å². The number of anilines is 1. The summed E-state index contributed by atoms with van der Waals surface area (Å²) in [6.07, 6.45) is 3.47. The van der Waals surface area contributed by atoms with E-state index in [0.29, 0.717) is 17.2 Å². The lowest BCUT2D eigenvalue weighted by molar-refractivity contribution is -0.116. The van der Waals surface area contributed by atoms with Gasteiger partial charge in [-0.2, -0.15) is 5.10 Å². The highest BCUT2D eigenvalue weighted by Crippen LogP contribution is 2.33. The predicted molar refractivity (Wildman–Crippen MR) is 70.0 cm³/mol. The van der Waals surface area contributed by atoms with Crippen LogP contribution in [0.1, 0.15) is 18.5 Å². The summed E-state index contributed by atoms with van der Waals surface area (Å²) in [7, 11) is 0. The van der Waals surface area contributed by atoms with Gasteiger partial charge in [0.2, 0.25) is 5.91 Å². The smallest absolute Gasteiger partial charge is 0.245 e. The van der Waals surface area contributed by atoms with E-state index in [1.807, 2.05) is 13.1 Å². The number of amides is 1. The van der Waals surface area contributed by atoms with Crippen molar-refractivity contribution in [3.05, 3.63) is 36.2 Å². The first kappa shape index (κ1) is 11.7. The van der Waals surface area contributed by atoms with Crippen LogP contribution in [0.4, 0.5) is 5.69 Å². The van der Waals surface area contributed by atoms with Crippen molar-refractivity contribution in [1.29, 1.82) is 0 Å². The fourth-order valence-corrected chi connectivity index (χ4v) is 2.04. The molecule has 0 spiro atoms. The molecule has 3 N–H and O–H groups in total. The molecule has 1 aromatic heterocycles. The maximum absolute atomic E-state index is 11.5. The molecule has 1 aromatic carbocycles. The Hall–Kier alpha value is -2.34. The van der Waals surface area contributed by atoms with Crippen molar-refractivity contribution in [3.8, 4) is 11.5 Å². The van der Waals surface area contributed by atoms with Crippen LogP contribution in [0, 0.1) is 0 Å². The van der Waals surface area contributed by atoms with Crippen LogP contribution in [0.3, 0.4) is 0 Å². The van der Waals surface area contributed by atoms with Crippen molar-refractivity contribution >= 4 is 11.6 Å². The highest BCUT2D eigenvalue weighted by molar-refractivity contribution is 6.02. The van der Waals surface area contributed by atoms with Gasteiger partial charge in [-0.3, -0.25) is 9.48 Å². The van der Waals surface area contributed by atoms with E-state index in [1.54, 1.807) is 29.1 Å². The Bertz CT molecular complexity index is 635. The summed E-state index contributed by atoms with van der Waals surface area (Å²) in [6, 6.07) is 4.77. The van der Waals surface area contributed by atoms with E-state index in [0.717, 1.165) is 12.1 Å². The van der Waals surface area contributed by atoms with Gasteiger partial charge in [-0.1, -0.05) is 6.07 Å². The summed E-state index contributed by atoms with van der Waals surface area (Å²) in [5.74, 6) is 1.12. The monoisotopic (exact) mass is 258 g/mol. The Morgan fingerprint density at radius 1 is 1.47 bits per heavy atom. The lowest BCUT2D eigenvalue weighted by atomic mass is 10.1. The molecule has 1 amide bonds. The fraction of sp³-hybridized carbons (Fsp3) is 0.231. The van der Waals surface area contributed by atoms with E-state index in [9.17, 15) is 4.79 Å². The number of carbonyl (C=O) groups is 1. The van der Waals surface area contributed by atoms with Gasteiger partial charge in [0.1, 0.15) is 11.8 Å². The molecule has 19 heavy (non-hydrogen) atoms. The number of fused-ring (bicyclic) bond motifs is 1. The molecule has 1 atom stereocenters. The van der Waals surface area contributed by atoms with E-state index < -0.39 is 6.04 Å². The topological polar surface area (TPSA) is 82.2 Å². The summed E-state index contributed by atoms with van der Waals surface area (Å²) in [5, 5.41) is 6.85. The zero-order valence-electron chi connectivity index (χ0n) is 10.5. The van der Waals surface area contributed by atoms with Gasteiger partial charge in [-0.25, -0.2) is 0 Å². The van der Waals surface area contributed by atoms with Crippen LogP contribution in [0.25, 0.3) is 0 Å². The highest BCUT2D eigenvalue weighted by Gasteiger charge is 2.27. The number of nitrogens with two attached hydrogens (primary N) is 1. The number of hydrogen-bond donors (Lipinski definition) is 2. The molecule has 6 nitrogen and oxygen atoms in total. The van der Waals surface area contributed by atoms with E-state index in [4.69, 9.17) is 10.5 Å². The Morgan fingerprint density at radius 2 is 2.32 bits per heavy atom. The van der Waals surface area contributed by atoms with Gasteiger partial charge in [0, 0.05) is 23.9 Å². The third kappa shape index (κ3) is 2.06. The average molecular weight is 258 g/mol. The first-order valence-electron chi connectivity index (χ1n) is 6.08. The maximum Gasteiger partial charge on any atom is 0.245 e. The summed E-state index contributed by atoms with van der Waals surface area (Å²) in [6.45, 7) is 2.79. The van der Waals surface area contributed by atoms with Gasteiger partial charge in [-0.05, 0) is 13.0 Å². The number of aryl methyl sites for hydroxylation is 1. The molecular weight excluding hydrogens is 244 g/mol.